The Morgan fingerprint density at radius 1 is 1.23 bits per heavy atom. The Kier molecular flexibility index (Phi) is 6.13. The molecule has 2 aliphatic heterocycles. The number of likely N-dealkylation sites (tertiary alicyclic amines) is 1. The Labute approximate surface area is 181 Å². The maximum atomic E-state index is 13.5. The van der Waals surface area contributed by atoms with Crippen molar-refractivity contribution in [1.29, 1.82) is 0 Å². The van der Waals surface area contributed by atoms with Crippen molar-refractivity contribution in [2.24, 2.45) is 5.92 Å². The molecule has 0 spiro atoms. The van der Waals surface area contributed by atoms with Gasteiger partial charge in [-0.25, -0.2) is 9.97 Å². The quantitative estimate of drug-likeness (QED) is 0.763. The van der Waals surface area contributed by atoms with Crippen LogP contribution in [-0.4, -0.2) is 56.5 Å². The van der Waals surface area contributed by atoms with Crippen LogP contribution in [0.3, 0.4) is 0 Å². The molecule has 1 N–H and O–H groups in total. The lowest BCUT2D eigenvalue weighted by molar-refractivity contribution is -0.134. The molecular formula is C22H29N5O2S. The summed E-state index contributed by atoms with van der Waals surface area (Å²) in [7, 11) is 0. The van der Waals surface area contributed by atoms with Crippen LogP contribution in [0, 0.1) is 19.8 Å². The number of hydrogen-bond acceptors (Lipinski definition) is 6. The van der Waals surface area contributed by atoms with Crippen LogP contribution in [-0.2, 0) is 11.3 Å². The molecule has 0 radical (unpaired) electrons. The van der Waals surface area contributed by atoms with Gasteiger partial charge >= 0.3 is 0 Å². The maximum absolute atomic E-state index is 13.5. The summed E-state index contributed by atoms with van der Waals surface area (Å²) in [5.41, 5.74) is 2.89. The topological polar surface area (TPSA) is 80.1 Å². The third kappa shape index (κ3) is 4.38. The van der Waals surface area contributed by atoms with Crippen LogP contribution >= 0.6 is 11.8 Å². The van der Waals surface area contributed by atoms with Gasteiger partial charge in [0.2, 0.25) is 11.9 Å². The monoisotopic (exact) mass is 427 g/mol. The van der Waals surface area contributed by atoms with Crippen molar-refractivity contribution in [1.82, 2.24) is 19.4 Å². The van der Waals surface area contributed by atoms with Crippen LogP contribution in [0.4, 0.5) is 5.95 Å². The molecule has 0 saturated carbocycles. The molecule has 0 aromatic carbocycles. The standard InChI is InChI=1S/C22H29N5O2S/c1-14-9-15(2)24-22(23-14)25-18(7-8-30-3)21(29)26-11-16-10-17(13-26)19-5-4-6-20(28)27(19)12-16/h4-6,9,16-18H,7-8,10-13H2,1-3H3,(H,23,24,25)/t16-,17+,18-/m0/s1. The summed E-state index contributed by atoms with van der Waals surface area (Å²) >= 11 is 1.73. The summed E-state index contributed by atoms with van der Waals surface area (Å²) in [6.45, 7) is 5.91. The molecule has 2 bridgehead atoms. The van der Waals surface area contributed by atoms with Gasteiger partial charge in [0, 0.05) is 48.7 Å². The van der Waals surface area contributed by atoms with E-state index in [0.29, 0.717) is 31.5 Å². The Bertz CT molecular complexity index is 971. The van der Waals surface area contributed by atoms with E-state index in [1.165, 1.54) is 0 Å². The van der Waals surface area contributed by atoms with Gasteiger partial charge < -0.3 is 14.8 Å². The average Bonchev–Trinajstić information content (AvgIpc) is 2.70. The van der Waals surface area contributed by atoms with Gasteiger partial charge in [-0.2, -0.15) is 11.8 Å². The summed E-state index contributed by atoms with van der Waals surface area (Å²) in [4.78, 5) is 36.7. The first-order valence-electron chi connectivity index (χ1n) is 10.5. The zero-order valence-electron chi connectivity index (χ0n) is 17.8. The van der Waals surface area contributed by atoms with Gasteiger partial charge in [0.1, 0.15) is 6.04 Å². The van der Waals surface area contributed by atoms with Crippen molar-refractivity contribution < 1.29 is 4.79 Å². The number of pyridine rings is 1. The van der Waals surface area contributed by atoms with Crippen LogP contribution in [0.1, 0.15) is 35.8 Å². The molecule has 2 aromatic rings. The molecule has 1 fully saturated rings. The van der Waals surface area contributed by atoms with Gasteiger partial charge in [0.15, 0.2) is 0 Å². The average molecular weight is 428 g/mol. The number of thioether (sulfide) groups is 1. The number of amides is 1. The number of aromatic nitrogens is 3. The van der Waals surface area contributed by atoms with E-state index < -0.39 is 0 Å². The molecule has 4 rings (SSSR count). The first-order valence-corrected chi connectivity index (χ1v) is 11.9. The van der Waals surface area contributed by atoms with Gasteiger partial charge in [-0.05, 0) is 56.7 Å². The minimum atomic E-state index is -0.351. The van der Waals surface area contributed by atoms with E-state index in [-0.39, 0.29) is 23.4 Å². The SMILES string of the molecule is CSCC[C@H](Nc1nc(C)cc(C)n1)C(=O)N1C[C@@H]2C[C@H](C1)c1cccc(=O)n1C2. The van der Waals surface area contributed by atoms with E-state index in [9.17, 15) is 9.59 Å². The maximum Gasteiger partial charge on any atom is 0.250 e. The van der Waals surface area contributed by atoms with Gasteiger partial charge in [-0.1, -0.05) is 6.07 Å². The highest BCUT2D eigenvalue weighted by molar-refractivity contribution is 7.98. The second-order valence-electron chi connectivity index (χ2n) is 8.39. The van der Waals surface area contributed by atoms with Gasteiger partial charge in [-0.15, -0.1) is 0 Å². The second kappa shape index (κ2) is 8.79. The predicted octanol–water partition coefficient (Wildman–Crippen LogP) is 2.43. The molecule has 0 unspecified atom stereocenters. The second-order valence-corrected chi connectivity index (χ2v) is 9.38. The van der Waals surface area contributed by atoms with Crippen LogP contribution in [0.25, 0.3) is 0 Å². The van der Waals surface area contributed by atoms with E-state index in [1.54, 1.807) is 17.8 Å². The Hall–Kier alpha value is -2.35. The molecule has 8 heteroatoms. The lowest BCUT2D eigenvalue weighted by Gasteiger charge is -2.43. The summed E-state index contributed by atoms with van der Waals surface area (Å²) in [6.07, 6.45) is 3.81. The van der Waals surface area contributed by atoms with E-state index in [4.69, 9.17) is 0 Å². The molecule has 30 heavy (non-hydrogen) atoms. The van der Waals surface area contributed by atoms with Crippen LogP contribution in [0.5, 0.6) is 0 Å². The molecule has 0 aliphatic carbocycles. The first-order chi connectivity index (χ1) is 14.4. The highest BCUT2D eigenvalue weighted by Crippen LogP contribution is 2.35. The highest BCUT2D eigenvalue weighted by Gasteiger charge is 2.38. The Morgan fingerprint density at radius 2 is 2.00 bits per heavy atom. The van der Waals surface area contributed by atoms with E-state index in [1.807, 2.05) is 41.5 Å². The van der Waals surface area contributed by atoms with E-state index >= 15 is 0 Å². The van der Waals surface area contributed by atoms with Crippen LogP contribution < -0.4 is 10.9 Å². The summed E-state index contributed by atoms with van der Waals surface area (Å²) in [5.74, 6) is 2.04. The number of carbonyl (C=O) groups is 1. The molecule has 7 nitrogen and oxygen atoms in total. The number of piperidine rings is 1. The minimum Gasteiger partial charge on any atom is -0.342 e. The van der Waals surface area contributed by atoms with E-state index in [2.05, 4.69) is 21.5 Å². The van der Waals surface area contributed by atoms with Crippen molar-refractivity contribution in [3.05, 3.63) is 51.7 Å². The number of carbonyl (C=O) groups excluding carboxylic acids is 1. The fourth-order valence-electron chi connectivity index (χ4n) is 4.74. The summed E-state index contributed by atoms with van der Waals surface area (Å²) in [6, 6.07) is 7.06. The number of rotatable bonds is 6. The number of nitrogens with zero attached hydrogens (tertiary/aromatic N) is 4. The molecule has 160 valence electrons. The third-order valence-corrected chi connectivity index (χ3v) is 6.63. The van der Waals surface area contributed by atoms with Crippen molar-refractivity contribution >= 4 is 23.6 Å². The number of fused-ring (bicyclic) bond motifs is 4. The van der Waals surface area contributed by atoms with Crippen molar-refractivity contribution in [3.63, 3.8) is 0 Å². The molecular weight excluding hydrogens is 398 g/mol. The molecule has 2 aromatic heterocycles. The van der Waals surface area contributed by atoms with Gasteiger partial charge in [-0.3, -0.25) is 9.59 Å². The zero-order chi connectivity index (χ0) is 21.3. The molecule has 3 atom stereocenters. The van der Waals surface area contributed by atoms with Crippen molar-refractivity contribution in [2.75, 3.05) is 30.4 Å². The minimum absolute atomic E-state index is 0.0634. The number of aryl methyl sites for hydroxylation is 2. The normalized spacial score (nSPS) is 21.1. The summed E-state index contributed by atoms with van der Waals surface area (Å²) < 4.78 is 1.90. The first kappa shape index (κ1) is 20.9. The lowest BCUT2D eigenvalue weighted by atomic mass is 9.83. The molecule has 2 aliphatic rings. The van der Waals surface area contributed by atoms with Crippen LogP contribution in [0.2, 0.25) is 0 Å². The van der Waals surface area contributed by atoms with Crippen molar-refractivity contribution in [2.45, 2.75) is 45.2 Å². The van der Waals surface area contributed by atoms with Gasteiger partial charge in [0.25, 0.3) is 5.56 Å². The molecule has 1 saturated heterocycles. The zero-order valence-corrected chi connectivity index (χ0v) is 18.6. The highest BCUT2D eigenvalue weighted by atomic mass is 32.2. The smallest absolute Gasteiger partial charge is 0.250 e. The number of hydrogen-bond donors (Lipinski definition) is 1. The summed E-state index contributed by atoms with van der Waals surface area (Å²) in [5, 5.41) is 3.30. The number of anilines is 1. The Balaban J connectivity index is 1.54. The fraction of sp³-hybridized carbons (Fsp3) is 0.545. The van der Waals surface area contributed by atoms with Crippen molar-refractivity contribution in [3.8, 4) is 0 Å². The third-order valence-electron chi connectivity index (χ3n) is 5.99. The molecule has 1 amide bonds. The predicted molar refractivity (Wildman–Crippen MR) is 120 cm³/mol. The Morgan fingerprint density at radius 3 is 2.73 bits per heavy atom. The molecule has 4 heterocycles. The number of nitrogens with one attached hydrogen (secondary N) is 1. The van der Waals surface area contributed by atoms with Gasteiger partial charge in [0.05, 0.1) is 0 Å². The lowest BCUT2D eigenvalue weighted by Crippen LogP contribution is -2.53. The van der Waals surface area contributed by atoms with Crippen LogP contribution in [0.15, 0.2) is 29.1 Å². The largest absolute Gasteiger partial charge is 0.342 e. The fourth-order valence-corrected chi connectivity index (χ4v) is 5.21. The van der Waals surface area contributed by atoms with E-state index in [0.717, 1.165) is 35.7 Å².